The fourth-order valence-corrected chi connectivity index (χ4v) is 1.11. The molecule has 0 spiro atoms. The molecule has 0 bridgehead atoms. The average Bonchev–Trinajstić information content (AvgIpc) is 2.27. The number of carbonyl (C=O) groups is 1. The number of amides is 1. The molecule has 1 aromatic rings. The summed E-state index contributed by atoms with van der Waals surface area (Å²) >= 11 is 0. The molecular formula is C12H17NO3. The van der Waals surface area contributed by atoms with Gasteiger partial charge in [-0.2, -0.15) is 0 Å². The third-order valence-electron chi connectivity index (χ3n) is 2.52. The molecule has 0 aliphatic rings. The minimum atomic E-state index is -0.882. The minimum absolute atomic E-state index is 0.122. The van der Waals surface area contributed by atoms with Gasteiger partial charge in [-0.15, -0.1) is 0 Å². The van der Waals surface area contributed by atoms with Gasteiger partial charge < -0.3 is 15.5 Å². The van der Waals surface area contributed by atoms with E-state index in [4.69, 9.17) is 5.11 Å². The lowest BCUT2D eigenvalue weighted by atomic mass is 10.0. The fraction of sp³-hybridized carbons (Fsp3) is 0.417. The van der Waals surface area contributed by atoms with Gasteiger partial charge in [0.05, 0.1) is 5.60 Å². The largest absolute Gasteiger partial charge is 0.508 e. The topological polar surface area (TPSA) is 69.6 Å². The molecule has 0 aliphatic carbocycles. The molecule has 0 aliphatic heterocycles. The number of hydrogen-bond donors (Lipinski definition) is 3. The average molecular weight is 223 g/mol. The number of carbonyl (C=O) groups excluding carboxylic acids is 1. The first kappa shape index (κ1) is 12.5. The lowest BCUT2D eigenvalue weighted by Gasteiger charge is -2.21. The number of benzene rings is 1. The van der Waals surface area contributed by atoms with Crippen LogP contribution in [0.4, 0.5) is 0 Å². The van der Waals surface area contributed by atoms with Gasteiger partial charge in [0.25, 0.3) is 5.91 Å². The molecule has 0 heterocycles. The Bertz CT molecular complexity index is 357. The number of rotatable bonds is 4. The molecule has 1 amide bonds. The molecule has 0 aromatic heterocycles. The zero-order chi connectivity index (χ0) is 12.2. The van der Waals surface area contributed by atoms with Crippen LogP contribution in [0.2, 0.25) is 0 Å². The van der Waals surface area contributed by atoms with E-state index in [0.29, 0.717) is 12.0 Å². The van der Waals surface area contributed by atoms with Crippen LogP contribution in [0.5, 0.6) is 5.75 Å². The molecule has 0 radical (unpaired) electrons. The van der Waals surface area contributed by atoms with E-state index in [-0.39, 0.29) is 18.2 Å². The Morgan fingerprint density at radius 3 is 2.44 bits per heavy atom. The minimum Gasteiger partial charge on any atom is -0.508 e. The lowest BCUT2D eigenvalue weighted by Crippen LogP contribution is -2.40. The molecular weight excluding hydrogens is 206 g/mol. The highest BCUT2D eigenvalue weighted by atomic mass is 16.3. The zero-order valence-corrected chi connectivity index (χ0v) is 9.53. The second-order valence-electron chi connectivity index (χ2n) is 4.08. The highest BCUT2D eigenvalue weighted by Crippen LogP contribution is 2.10. The summed E-state index contributed by atoms with van der Waals surface area (Å²) in [5.74, 6) is -0.133. The quantitative estimate of drug-likeness (QED) is 0.720. The summed E-state index contributed by atoms with van der Waals surface area (Å²) in [6.45, 7) is 3.74. The monoisotopic (exact) mass is 223 g/mol. The molecule has 4 nitrogen and oxygen atoms in total. The predicted octanol–water partition coefficient (Wildman–Crippen LogP) is 1.28. The second kappa shape index (κ2) is 4.99. The third kappa shape index (κ3) is 3.55. The number of phenols is 1. The zero-order valence-electron chi connectivity index (χ0n) is 9.53. The normalized spacial score (nSPS) is 14.2. The first-order chi connectivity index (χ1) is 7.44. The molecule has 1 aromatic carbocycles. The van der Waals surface area contributed by atoms with Crippen molar-refractivity contribution in [3.05, 3.63) is 29.8 Å². The van der Waals surface area contributed by atoms with Gasteiger partial charge in [0, 0.05) is 12.1 Å². The summed E-state index contributed by atoms with van der Waals surface area (Å²) in [5.41, 5.74) is -0.420. The van der Waals surface area contributed by atoms with E-state index in [1.54, 1.807) is 6.92 Å². The van der Waals surface area contributed by atoms with Crippen LogP contribution in [0.15, 0.2) is 24.3 Å². The van der Waals surface area contributed by atoms with Gasteiger partial charge >= 0.3 is 0 Å². The number of hydrogen-bond acceptors (Lipinski definition) is 3. The van der Waals surface area contributed by atoms with Crippen molar-refractivity contribution < 1.29 is 15.0 Å². The number of aliphatic hydroxyl groups is 1. The van der Waals surface area contributed by atoms with Crippen LogP contribution in [0.3, 0.4) is 0 Å². The Balaban J connectivity index is 2.56. The van der Waals surface area contributed by atoms with Crippen molar-refractivity contribution >= 4 is 5.91 Å². The molecule has 0 saturated carbocycles. The van der Waals surface area contributed by atoms with E-state index >= 15 is 0 Å². The van der Waals surface area contributed by atoms with E-state index in [2.05, 4.69) is 5.32 Å². The van der Waals surface area contributed by atoms with Crippen LogP contribution in [0.1, 0.15) is 30.6 Å². The summed E-state index contributed by atoms with van der Waals surface area (Å²) in [7, 11) is 0. The van der Waals surface area contributed by atoms with Crippen LogP contribution in [-0.4, -0.2) is 28.3 Å². The number of nitrogens with one attached hydrogen (secondary N) is 1. The molecule has 1 unspecified atom stereocenters. The van der Waals surface area contributed by atoms with Crippen molar-refractivity contribution in [2.24, 2.45) is 0 Å². The summed E-state index contributed by atoms with van der Waals surface area (Å²) in [6, 6.07) is 5.97. The van der Waals surface area contributed by atoms with E-state index in [0.717, 1.165) is 0 Å². The standard InChI is InChI=1S/C12H17NO3/c1-3-12(2,16)8-13-11(15)9-4-6-10(14)7-5-9/h4-7,14,16H,3,8H2,1-2H3,(H,13,15). The molecule has 3 N–H and O–H groups in total. The van der Waals surface area contributed by atoms with E-state index in [1.165, 1.54) is 24.3 Å². The maximum atomic E-state index is 11.6. The Kier molecular flexibility index (Phi) is 3.90. The molecule has 1 atom stereocenters. The molecule has 0 fully saturated rings. The van der Waals surface area contributed by atoms with Gasteiger partial charge in [0.2, 0.25) is 0 Å². The first-order valence-corrected chi connectivity index (χ1v) is 5.24. The maximum absolute atomic E-state index is 11.6. The molecule has 88 valence electrons. The Morgan fingerprint density at radius 2 is 1.94 bits per heavy atom. The van der Waals surface area contributed by atoms with Crippen molar-refractivity contribution in [2.45, 2.75) is 25.9 Å². The van der Waals surface area contributed by atoms with Crippen LogP contribution in [0.25, 0.3) is 0 Å². The van der Waals surface area contributed by atoms with Crippen LogP contribution in [0, 0.1) is 0 Å². The van der Waals surface area contributed by atoms with E-state index in [9.17, 15) is 9.90 Å². The highest BCUT2D eigenvalue weighted by molar-refractivity contribution is 5.94. The molecule has 4 heteroatoms. The Hall–Kier alpha value is -1.55. The summed E-state index contributed by atoms with van der Waals surface area (Å²) < 4.78 is 0. The number of phenolic OH excluding ortho intramolecular Hbond substituents is 1. The Labute approximate surface area is 94.9 Å². The highest BCUT2D eigenvalue weighted by Gasteiger charge is 2.18. The van der Waals surface area contributed by atoms with Crippen LogP contribution >= 0.6 is 0 Å². The lowest BCUT2D eigenvalue weighted by molar-refractivity contribution is 0.0518. The van der Waals surface area contributed by atoms with Gasteiger partial charge in [-0.25, -0.2) is 0 Å². The predicted molar refractivity (Wildman–Crippen MR) is 61.4 cm³/mol. The second-order valence-corrected chi connectivity index (χ2v) is 4.08. The first-order valence-electron chi connectivity index (χ1n) is 5.24. The van der Waals surface area contributed by atoms with Gasteiger partial charge in [-0.1, -0.05) is 6.92 Å². The SMILES string of the molecule is CCC(C)(O)CNC(=O)c1ccc(O)cc1. The van der Waals surface area contributed by atoms with Crippen molar-refractivity contribution in [3.8, 4) is 5.75 Å². The smallest absolute Gasteiger partial charge is 0.251 e. The maximum Gasteiger partial charge on any atom is 0.251 e. The van der Waals surface area contributed by atoms with Gasteiger partial charge in [0.15, 0.2) is 0 Å². The van der Waals surface area contributed by atoms with Gasteiger partial charge in [0.1, 0.15) is 5.75 Å². The van der Waals surface area contributed by atoms with Crippen molar-refractivity contribution in [3.63, 3.8) is 0 Å². The van der Waals surface area contributed by atoms with E-state index < -0.39 is 5.60 Å². The summed E-state index contributed by atoms with van der Waals surface area (Å²) in [6.07, 6.45) is 0.572. The number of aromatic hydroxyl groups is 1. The molecule has 16 heavy (non-hydrogen) atoms. The summed E-state index contributed by atoms with van der Waals surface area (Å²) in [5, 5.41) is 21.4. The Morgan fingerprint density at radius 1 is 1.38 bits per heavy atom. The fourth-order valence-electron chi connectivity index (χ4n) is 1.11. The third-order valence-corrected chi connectivity index (χ3v) is 2.52. The van der Waals surface area contributed by atoms with Crippen molar-refractivity contribution in [1.82, 2.24) is 5.32 Å². The van der Waals surface area contributed by atoms with Crippen molar-refractivity contribution in [2.75, 3.05) is 6.54 Å². The van der Waals surface area contributed by atoms with Crippen LogP contribution < -0.4 is 5.32 Å². The van der Waals surface area contributed by atoms with Crippen LogP contribution in [-0.2, 0) is 0 Å². The van der Waals surface area contributed by atoms with Gasteiger partial charge in [-0.05, 0) is 37.6 Å². The molecule has 0 saturated heterocycles. The van der Waals surface area contributed by atoms with E-state index in [1.807, 2.05) is 6.92 Å². The molecule has 1 rings (SSSR count). The van der Waals surface area contributed by atoms with Crippen molar-refractivity contribution in [1.29, 1.82) is 0 Å². The summed E-state index contributed by atoms with van der Waals surface area (Å²) in [4.78, 5) is 11.6. The van der Waals surface area contributed by atoms with Gasteiger partial charge in [-0.3, -0.25) is 4.79 Å².